The van der Waals surface area contributed by atoms with Gasteiger partial charge in [-0.1, -0.05) is 19.4 Å². The van der Waals surface area contributed by atoms with Gasteiger partial charge in [0.15, 0.2) is 0 Å². The topological polar surface area (TPSA) is 35.2 Å². The Kier molecular flexibility index (Phi) is 4.40. The molecule has 0 saturated heterocycles. The molecule has 0 fully saturated rings. The first-order chi connectivity index (χ1) is 7.90. The van der Waals surface area contributed by atoms with Gasteiger partial charge in [-0.15, -0.1) is 0 Å². The first-order valence-electron chi connectivity index (χ1n) is 5.40. The van der Waals surface area contributed by atoms with E-state index in [1.165, 1.54) is 13.2 Å². The highest BCUT2D eigenvalue weighted by Gasteiger charge is 2.31. The van der Waals surface area contributed by atoms with Gasteiger partial charge in [-0.25, -0.2) is 0 Å². The third-order valence-electron chi connectivity index (χ3n) is 2.56. The molecule has 0 aromatic heterocycles. The molecule has 1 atom stereocenters. The van der Waals surface area contributed by atoms with Gasteiger partial charge in [-0.05, 0) is 18.6 Å². The van der Waals surface area contributed by atoms with E-state index in [2.05, 4.69) is 0 Å². The van der Waals surface area contributed by atoms with Crippen LogP contribution in [0.1, 0.15) is 36.9 Å². The lowest BCUT2D eigenvalue weighted by Crippen LogP contribution is -2.13. The molecule has 1 aromatic carbocycles. The third kappa shape index (κ3) is 3.36. The molecule has 2 N–H and O–H groups in total. The van der Waals surface area contributed by atoms with E-state index in [1.807, 2.05) is 6.92 Å². The quantitative estimate of drug-likeness (QED) is 0.883. The number of hydrogen-bond acceptors (Lipinski definition) is 2. The van der Waals surface area contributed by atoms with Gasteiger partial charge in [0.2, 0.25) is 0 Å². The van der Waals surface area contributed by atoms with Crippen LogP contribution in [0.4, 0.5) is 13.2 Å². The van der Waals surface area contributed by atoms with E-state index in [1.54, 1.807) is 0 Å². The van der Waals surface area contributed by atoms with Crippen molar-refractivity contribution in [3.05, 3.63) is 29.3 Å². The zero-order chi connectivity index (χ0) is 13.1. The number of benzene rings is 1. The van der Waals surface area contributed by atoms with Gasteiger partial charge >= 0.3 is 6.18 Å². The monoisotopic (exact) mass is 247 g/mol. The molecular formula is C12H16F3NO. The maximum Gasteiger partial charge on any atom is 0.416 e. The molecule has 0 saturated carbocycles. The molecule has 5 heteroatoms. The lowest BCUT2D eigenvalue weighted by molar-refractivity contribution is -0.137. The summed E-state index contributed by atoms with van der Waals surface area (Å²) in [6, 6.07) is 3.12. The number of alkyl halides is 3. The SMILES string of the molecule is CCC[C@H](N)c1ccc(C(F)(F)F)cc1OC. The molecule has 96 valence electrons. The molecule has 0 heterocycles. The van der Waals surface area contributed by atoms with E-state index >= 15 is 0 Å². The number of hydrogen-bond donors (Lipinski definition) is 1. The summed E-state index contributed by atoms with van der Waals surface area (Å²) in [7, 11) is 1.34. The molecule has 0 amide bonds. The van der Waals surface area contributed by atoms with Gasteiger partial charge in [-0.3, -0.25) is 0 Å². The van der Waals surface area contributed by atoms with Crippen molar-refractivity contribution in [2.75, 3.05) is 7.11 Å². The summed E-state index contributed by atoms with van der Waals surface area (Å²) in [5.41, 5.74) is 5.77. The minimum absolute atomic E-state index is 0.195. The van der Waals surface area contributed by atoms with Crippen LogP contribution in [0.25, 0.3) is 0 Å². The Morgan fingerprint density at radius 3 is 2.47 bits per heavy atom. The second-order valence-corrected chi connectivity index (χ2v) is 3.85. The summed E-state index contributed by atoms with van der Waals surface area (Å²) in [6.07, 6.45) is -2.78. The Morgan fingerprint density at radius 1 is 1.35 bits per heavy atom. The van der Waals surface area contributed by atoms with Crippen LogP contribution >= 0.6 is 0 Å². The van der Waals surface area contributed by atoms with Crippen molar-refractivity contribution in [2.24, 2.45) is 5.73 Å². The molecule has 1 aromatic rings. The molecule has 0 spiro atoms. The van der Waals surface area contributed by atoms with Crippen molar-refractivity contribution >= 4 is 0 Å². The maximum absolute atomic E-state index is 12.5. The highest BCUT2D eigenvalue weighted by molar-refractivity contribution is 5.40. The minimum Gasteiger partial charge on any atom is -0.496 e. The molecular weight excluding hydrogens is 231 g/mol. The molecule has 2 nitrogen and oxygen atoms in total. The van der Waals surface area contributed by atoms with Crippen LogP contribution < -0.4 is 10.5 Å². The highest BCUT2D eigenvalue weighted by Crippen LogP contribution is 2.35. The largest absolute Gasteiger partial charge is 0.496 e. The third-order valence-corrected chi connectivity index (χ3v) is 2.56. The molecule has 0 unspecified atom stereocenters. The summed E-state index contributed by atoms with van der Waals surface area (Å²) in [5.74, 6) is 0.195. The minimum atomic E-state index is -4.36. The lowest BCUT2D eigenvalue weighted by Gasteiger charge is -2.17. The van der Waals surface area contributed by atoms with Crippen molar-refractivity contribution in [3.8, 4) is 5.75 Å². The molecule has 1 rings (SSSR count). The molecule has 0 radical (unpaired) electrons. The fourth-order valence-electron chi connectivity index (χ4n) is 1.66. The normalized spacial score (nSPS) is 13.5. The van der Waals surface area contributed by atoms with Gasteiger partial charge < -0.3 is 10.5 Å². The summed E-state index contributed by atoms with van der Waals surface area (Å²) >= 11 is 0. The van der Waals surface area contributed by atoms with E-state index in [-0.39, 0.29) is 11.8 Å². The van der Waals surface area contributed by atoms with E-state index in [0.717, 1.165) is 18.6 Å². The first kappa shape index (κ1) is 13.8. The number of nitrogens with two attached hydrogens (primary N) is 1. The average Bonchev–Trinajstić information content (AvgIpc) is 2.27. The van der Waals surface area contributed by atoms with Gasteiger partial charge in [0.1, 0.15) is 5.75 Å². The van der Waals surface area contributed by atoms with E-state index in [9.17, 15) is 13.2 Å². The summed E-state index contributed by atoms with van der Waals surface area (Å²) in [4.78, 5) is 0. The second kappa shape index (κ2) is 5.40. The van der Waals surface area contributed by atoms with Crippen molar-refractivity contribution in [2.45, 2.75) is 32.0 Å². The maximum atomic E-state index is 12.5. The van der Waals surface area contributed by atoms with Crippen molar-refractivity contribution in [1.82, 2.24) is 0 Å². The van der Waals surface area contributed by atoms with Crippen LogP contribution in [0.5, 0.6) is 5.75 Å². The van der Waals surface area contributed by atoms with Gasteiger partial charge in [-0.2, -0.15) is 13.2 Å². The van der Waals surface area contributed by atoms with Crippen LogP contribution in [0.2, 0.25) is 0 Å². The Hall–Kier alpha value is -1.23. The molecule has 0 bridgehead atoms. The van der Waals surface area contributed by atoms with E-state index in [4.69, 9.17) is 10.5 Å². The van der Waals surface area contributed by atoms with Crippen LogP contribution in [0.15, 0.2) is 18.2 Å². The van der Waals surface area contributed by atoms with Crippen molar-refractivity contribution in [1.29, 1.82) is 0 Å². The van der Waals surface area contributed by atoms with Gasteiger partial charge in [0.25, 0.3) is 0 Å². The van der Waals surface area contributed by atoms with Crippen molar-refractivity contribution in [3.63, 3.8) is 0 Å². The van der Waals surface area contributed by atoms with Crippen LogP contribution in [0, 0.1) is 0 Å². The summed E-state index contributed by atoms with van der Waals surface area (Å²) in [5, 5.41) is 0. The van der Waals surface area contributed by atoms with E-state index in [0.29, 0.717) is 12.0 Å². The average molecular weight is 247 g/mol. The lowest BCUT2D eigenvalue weighted by atomic mass is 10.0. The number of halogens is 3. The highest BCUT2D eigenvalue weighted by atomic mass is 19.4. The molecule has 0 aliphatic carbocycles. The predicted molar refractivity (Wildman–Crippen MR) is 59.8 cm³/mol. The van der Waals surface area contributed by atoms with Gasteiger partial charge in [0.05, 0.1) is 12.7 Å². The number of ether oxygens (including phenoxy) is 1. The van der Waals surface area contributed by atoms with Crippen molar-refractivity contribution < 1.29 is 17.9 Å². The first-order valence-corrected chi connectivity index (χ1v) is 5.40. The van der Waals surface area contributed by atoms with Crippen LogP contribution in [-0.4, -0.2) is 7.11 Å². The van der Waals surface area contributed by atoms with Crippen LogP contribution in [-0.2, 0) is 6.18 Å². The number of methoxy groups -OCH3 is 1. The fraction of sp³-hybridized carbons (Fsp3) is 0.500. The Bertz CT molecular complexity index is 377. The van der Waals surface area contributed by atoms with Crippen LogP contribution in [0.3, 0.4) is 0 Å². The Balaban J connectivity index is 3.10. The zero-order valence-electron chi connectivity index (χ0n) is 9.84. The zero-order valence-corrected chi connectivity index (χ0v) is 9.84. The molecule has 0 aliphatic heterocycles. The molecule has 0 aliphatic rings. The summed E-state index contributed by atoms with van der Waals surface area (Å²) < 4.78 is 42.5. The summed E-state index contributed by atoms with van der Waals surface area (Å²) in [6.45, 7) is 1.97. The smallest absolute Gasteiger partial charge is 0.416 e. The Morgan fingerprint density at radius 2 is 2.00 bits per heavy atom. The Labute approximate surface area is 98.6 Å². The molecule has 17 heavy (non-hydrogen) atoms. The fourth-order valence-corrected chi connectivity index (χ4v) is 1.66. The van der Waals surface area contributed by atoms with E-state index < -0.39 is 11.7 Å². The van der Waals surface area contributed by atoms with Gasteiger partial charge in [0, 0.05) is 11.6 Å². The number of rotatable bonds is 4. The standard InChI is InChI=1S/C12H16F3NO/c1-3-4-10(16)9-6-5-8(12(13,14)15)7-11(9)17-2/h5-7,10H,3-4,16H2,1-2H3/t10-/m0/s1. The second-order valence-electron chi connectivity index (χ2n) is 3.85. The predicted octanol–water partition coefficient (Wildman–Crippen LogP) is 3.51.